The molecule has 0 amide bonds. The Morgan fingerprint density at radius 2 is 1.56 bits per heavy atom. The number of Topliss-reactive ketones (excluding diaryl/α,β-unsaturated/α-hetero) is 1. The van der Waals surface area contributed by atoms with Gasteiger partial charge in [0, 0.05) is 12.3 Å². The van der Waals surface area contributed by atoms with Crippen molar-refractivity contribution < 1.29 is 19.8 Å². The van der Waals surface area contributed by atoms with Gasteiger partial charge in [-0.25, -0.2) is 0 Å². The smallest absolute Gasteiger partial charge is 0.312 e. The van der Waals surface area contributed by atoms with Crippen molar-refractivity contribution >= 4 is 11.8 Å². The summed E-state index contributed by atoms with van der Waals surface area (Å²) in [6, 6.07) is 0. The molecule has 5 aliphatic carbocycles. The third-order valence-electron chi connectivity index (χ3n) is 13.8. The average Bonchev–Trinajstić information content (AvgIpc) is 2.75. The number of aliphatic hydroxyl groups is 1. The van der Waals surface area contributed by atoms with Crippen LogP contribution in [0.25, 0.3) is 0 Å². The number of rotatable bonds is 1. The lowest BCUT2D eigenvalue weighted by Crippen LogP contribution is -2.70. The Bertz CT molecular complexity index is 898. The maximum Gasteiger partial charge on any atom is 0.312 e. The first-order valence-electron chi connectivity index (χ1n) is 14.1. The molecular weight excluding hydrogens is 424 g/mol. The number of carbonyl (C=O) groups excluding carboxylic acids is 1. The second-order valence-corrected chi connectivity index (χ2v) is 14.8. The van der Waals surface area contributed by atoms with E-state index >= 15 is 0 Å². The highest BCUT2D eigenvalue weighted by Crippen LogP contribution is 2.76. The van der Waals surface area contributed by atoms with Crippen LogP contribution in [0.5, 0.6) is 0 Å². The highest BCUT2D eigenvalue weighted by molar-refractivity contribution is 5.85. The van der Waals surface area contributed by atoms with Crippen molar-refractivity contribution in [2.45, 2.75) is 112 Å². The van der Waals surface area contributed by atoms with Crippen LogP contribution in [-0.4, -0.2) is 28.1 Å². The van der Waals surface area contributed by atoms with Gasteiger partial charge in [0.15, 0.2) is 0 Å². The van der Waals surface area contributed by atoms with E-state index in [4.69, 9.17) is 0 Å². The minimum Gasteiger partial charge on any atom is -0.481 e. The van der Waals surface area contributed by atoms with Crippen molar-refractivity contribution in [3.63, 3.8) is 0 Å². The molecule has 0 radical (unpaired) electrons. The summed E-state index contributed by atoms with van der Waals surface area (Å²) in [7, 11) is 0. The number of ketones is 1. The summed E-state index contributed by atoms with van der Waals surface area (Å²) < 4.78 is 0. The van der Waals surface area contributed by atoms with Crippen molar-refractivity contribution in [2.24, 2.45) is 62.6 Å². The number of hydrogen-bond acceptors (Lipinski definition) is 3. The van der Waals surface area contributed by atoms with E-state index in [0.29, 0.717) is 47.7 Å². The highest BCUT2D eigenvalue weighted by Gasteiger charge is 2.73. The molecule has 0 saturated heterocycles. The summed E-state index contributed by atoms with van der Waals surface area (Å²) in [5, 5.41) is 21.1. The third kappa shape index (κ3) is 2.76. The standard InChI is InChI=1S/C30H48O4/c1-17-8-11-26(3)14-15-28(5)19(23(26)18(17)2)16-20(31)24-27(4)12-10-22(32)30(7,25(33)34)21(27)9-13-29(24,28)6/h17-19,21-24,32H,8-16H2,1-7H3,(H,33,34)/t17-,18+,19?,21?,22-,23?,24?,26-,27+,28-,29-,30-/m1/s1. The molecule has 0 spiro atoms. The van der Waals surface area contributed by atoms with Gasteiger partial charge >= 0.3 is 5.97 Å². The number of aliphatic hydroxyl groups excluding tert-OH is 1. The molecule has 5 rings (SSSR count). The molecule has 5 fully saturated rings. The number of carbonyl (C=O) groups is 2. The lowest BCUT2D eigenvalue weighted by atomic mass is 9.31. The number of carboxylic acids is 1. The average molecular weight is 473 g/mol. The Morgan fingerprint density at radius 1 is 0.882 bits per heavy atom. The van der Waals surface area contributed by atoms with Gasteiger partial charge in [0.25, 0.3) is 0 Å². The second kappa shape index (κ2) is 7.33. The molecule has 0 aromatic heterocycles. The first-order chi connectivity index (χ1) is 15.7. The second-order valence-electron chi connectivity index (χ2n) is 14.8. The van der Waals surface area contributed by atoms with Crippen LogP contribution in [0, 0.1) is 62.6 Å². The van der Waals surface area contributed by atoms with Gasteiger partial charge in [-0.15, -0.1) is 0 Å². The molecule has 0 aromatic rings. The predicted molar refractivity (Wildman–Crippen MR) is 133 cm³/mol. The van der Waals surface area contributed by atoms with Gasteiger partial charge in [0.05, 0.1) is 11.5 Å². The molecular formula is C30H48O4. The zero-order valence-electron chi connectivity index (χ0n) is 22.6. The zero-order valence-corrected chi connectivity index (χ0v) is 22.6. The van der Waals surface area contributed by atoms with E-state index in [-0.39, 0.29) is 28.1 Å². The minimum absolute atomic E-state index is 0.102. The summed E-state index contributed by atoms with van der Waals surface area (Å²) in [5.74, 6) is 1.62. The van der Waals surface area contributed by atoms with Gasteiger partial charge < -0.3 is 10.2 Å². The molecule has 0 aromatic carbocycles. The van der Waals surface area contributed by atoms with E-state index in [2.05, 4.69) is 41.5 Å². The van der Waals surface area contributed by atoms with Crippen LogP contribution in [0.3, 0.4) is 0 Å². The molecule has 2 N–H and O–H groups in total. The van der Waals surface area contributed by atoms with Crippen molar-refractivity contribution in [1.29, 1.82) is 0 Å². The van der Waals surface area contributed by atoms with Crippen LogP contribution in [0.1, 0.15) is 106 Å². The Kier molecular flexibility index (Phi) is 5.34. The summed E-state index contributed by atoms with van der Waals surface area (Å²) in [4.78, 5) is 26.8. The lowest BCUT2D eigenvalue weighted by Gasteiger charge is -2.73. The fourth-order valence-corrected chi connectivity index (χ4v) is 11.4. The SMILES string of the molecule is C[C@@H]1CC[C@]2(C)CC[C@]3(C)C(CC(=O)C4[C@@]5(C)CC[C@@H](O)[C@](C)(C(=O)O)C5CC[C@]43C)C2[C@H]1C. The monoisotopic (exact) mass is 472 g/mol. The van der Waals surface area contributed by atoms with E-state index in [0.717, 1.165) is 19.3 Å². The first kappa shape index (κ1) is 24.8. The number of hydrogen-bond donors (Lipinski definition) is 2. The lowest BCUT2D eigenvalue weighted by molar-refractivity contribution is -0.248. The molecule has 192 valence electrons. The minimum atomic E-state index is -1.18. The van der Waals surface area contributed by atoms with E-state index in [1.807, 2.05) is 0 Å². The normalized spacial score (nSPS) is 59.3. The van der Waals surface area contributed by atoms with Crippen LogP contribution in [0.2, 0.25) is 0 Å². The molecule has 4 nitrogen and oxygen atoms in total. The summed E-state index contributed by atoms with van der Waals surface area (Å²) >= 11 is 0. The molecule has 0 bridgehead atoms. The maximum absolute atomic E-state index is 14.3. The van der Waals surface area contributed by atoms with Crippen molar-refractivity contribution in [3.05, 3.63) is 0 Å². The van der Waals surface area contributed by atoms with Crippen molar-refractivity contribution in [2.75, 3.05) is 0 Å². The van der Waals surface area contributed by atoms with Crippen LogP contribution in [-0.2, 0) is 9.59 Å². The van der Waals surface area contributed by atoms with E-state index in [9.17, 15) is 19.8 Å². The van der Waals surface area contributed by atoms with Crippen LogP contribution < -0.4 is 0 Å². The van der Waals surface area contributed by atoms with Crippen LogP contribution in [0.15, 0.2) is 0 Å². The van der Waals surface area contributed by atoms with Gasteiger partial charge in [-0.2, -0.15) is 0 Å². The largest absolute Gasteiger partial charge is 0.481 e. The van der Waals surface area contributed by atoms with Crippen molar-refractivity contribution in [3.8, 4) is 0 Å². The quantitative estimate of drug-likeness (QED) is 0.466. The fraction of sp³-hybridized carbons (Fsp3) is 0.933. The van der Waals surface area contributed by atoms with Crippen molar-refractivity contribution in [1.82, 2.24) is 0 Å². The molecule has 34 heavy (non-hydrogen) atoms. The molecule has 0 heterocycles. The Morgan fingerprint density at radius 3 is 2.21 bits per heavy atom. The maximum atomic E-state index is 14.3. The first-order valence-corrected chi connectivity index (χ1v) is 14.1. The van der Waals surface area contributed by atoms with E-state index in [1.165, 1.54) is 25.7 Å². The summed E-state index contributed by atoms with van der Waals surface area (Å²) in [5.41, 5.74) is -1.20. The van der Waals surface area contributed by atoms with Gasteiger partial charge in [-0.3, -0.25) is 9.59 Å². The molecule has 4 unspecified atom stereocenters. The Labute approximate surface area is 206 Å². The van der Waals surface area contributed by atoms with Gasteiger partial charge in [0.1, 0.15) is 5.78 Å². The van der Waals surface area contributed by atoms with Gasteiger partial charge in [-0.1, -0.05) is 41.5 Å². The van der Waals surface area contributed by atoms with Crippen LogP contribution in [0.4, 0.5) is 0 Å². The van der Waals surface area contributed by atoms with Gasteiger partial charge in [-0.05, 0) is 110 Å². The number of carboxylic acid groups (broad SMARTS) is 1. The summed E-state index contributed by atoms with van der Waals surface area (Å²) in [6.07, 6.45) is 7.80. The topological polar surface area (TPSA) is 74.6 Å². The zero-order chi connectivity index (χ0) is 25.1. The third-order valence-corrected chi connectivity index (χ3v) is 13.8. The molecule has 5 aliphatic rings. The Hall–Kier alpha value is -0.900. The van der Waals surface area contributed by atoms with E-state index in [1.54, 1.807) is 6.92 Å². The highest BCUT2D eigenvalue weighted by atomic mass is 16.4. The fourth-order valence-electron chi connectivity index (χ4n) is 11.4. The van der Waals surface area contributed by atoms with Crippen LogP contribution >= 0.6 is 0 Å². The van der Waals surface area contributed by atoms with E-state index < -0.39 is 17.5 Å². The number of fused-ring (bicyclic) bond motifs is 7. The molecule has 0 aliphatic heterocycles. The predicted octanol–water partition coefficient (Wildman–Crippen LogP) is 6.35. The Balaban J connectivity index is 1.60. The van der Waals surface area contributed by atoms with Gasteiger partial charge in [0.2, 0.25) is 0 Å². The molecule has 12 atom stereocenters. The molecule has 4 heteroatoms. The number of aliphatic carboxylic acids is 1. The molecule has 5 saturated carbocycles. The summed E-state index contributed by atoms with van der Waals surface area (Å²) in [6.45, 7) is 16.3.